The maximum atomic E-state index is 10.4. The van der Waals surface area contributed by atoms with Crippen LogP contribution in [0.1, 0.15) is 5.56 Å². The summed E-state index contributed by atoms with van der Waals surface area (Å²) in [6.07, 6.45) is 1.34. The smallest absolute Gasteiger partial charge is 0.270 e. The molecular formula is C7H6BrN3O2. The number of nitro groups is 1. The molecule has 0 heterocycles. The molecule has 0 aliphatic rings. The third-order valence-corrected chi connectivity index (χ3v) is 2.13. The van der Waals surface area contributed by atoms with E-state index in [1.165, 1.54) is 18.3 Å². The normalized spacial score (nSPS) is 10.5. The van der Waals surface area contributed by atoms with Crippen LogP contribution in [0.4, 0.5) is 5.69 Å². The van der Waals surface area contributed by atoms with Gasteiger partial charge in [0.1, 0.15) is 0 Å². The Labute approximate surface area is 82.5 Å². The maximum absolute atomic E-state index is 10.4. The third kappa shape index (κ3) is 2.25. The van der Waals surface area contributed by atoms with Crippen LogP contribution in [-0.4, -0.2) is 11.1 Å². The van der Waals surface area contributed by atoms with Crippen molar-refractivity contribution in [2.45, 2.75) is 0 Å². The van der Waals surface area contributed by atoms with Crippen LogP contribution in [0.3, 0.4) is 0 Å². The average molecular weight is 244 g/mol. The van der Waals surface area contributed by atoms with Gasteiger partial charge in [-0.2, -0.15) is 5.10 Å². The predicted molar refractivity (Wildman–Crippen MR) is 52.6 cm³/mol. The van der Waals surface area contributed by atoms with E-state index < -0.39 is 4.92 Å². The Bertz CT molecular complexity index is 365. The summed E-state index contributed by atoms with van der Waals surface area (Å²) in [4.78, 5) is 9.91. The summed E-state index contributed by atoms with van der Waals surface area (Å²) in [5.41, 5.74) is 0.592. The van der Waals surface area contributed by atoms with E-state index in [2.05, 4.69) is 21.0 Å². The highest BCUT2D eigenvalue weighted by Gasteiger charge is 2.07. The number of nitrogens with two attached hydrogens (primary N) is 1. The number of hydrazone groups is 1. The van der Waals surface area contributed by atoms with Crippen LogP contribution in [0.25, 0.3) is 0 Å². The lowest BCUT2D eigenvalue weighted by Gasteiger charge is -1.96. The van der Waals surface area contributed by atoms with Crippen LogP contribution in [0.5, 0.6) is 0 Å². The van der Waals surface area contributed by atoms with Gasteiger partial charge in [0.15, 0.2) is 0 Å². The number of hydrogen-bond donors (Lipinski definition) is 1. The molecule has 0 spiro atoms. The van der Waals surface area contributed by atoms with E-state index in [-0.39, 0.29) is 5.69 Å². The van der Waals surface area contributed by atoms with Gasteiger partial charge < -0.3 is 5.84 Å². The van der Waals surface area contributed by atoms with Gasteiger partial charge in [-0.05, 0) is 6.07 Å². The fourth-order valence-corrected chi connectivity index (χ4v) is 1.17. The van der Waals surface area contributed by atoms with Gasteiger partial charge in [0, 0.05) is 22.2 Å². The van der Waals surface area contributed by atoms with Gasteiger partial charge in [-0.25, -0.2) is 0 Å². The Morgan fingerprint density at radius 3 is 2.85 bits per heavy atom. The van der Waals surface area contributed by atoms with Gasteiger partial charge in [-0.1, -0.05) is 15.9 Å². The SMILES string of the molecule is NN=Cc1cc([N+](=O)[O-])ccc1Br. The van der Waals surface area contributed by atoms with Crippen molar-refractivity contribution in [3.05, 3.63) is 38.3 Å². The molecule has 68 valence electrons. The van der Waals surface area contributed by atoms with E-state index in [0.29, 0.717) is 10.0 Å². The molecule has 0 saturated carbocycles. The van der Waals surface area contributed by atoms with Gasteiger partial charge in [0.05, 0.1) is 11.1 Å². The van der Waals surface area contributed by atoms with E-state index in [9.17, 15) is 10.1 Å². The van der Waals surface area contributed by atoms with Gasteiger partial charge in [-0.15, -0.1) is 0 Å². The highest BCUT2D eigenvalue weighted by molar-refractivity contribution is 9.10. The molecule has 0 fully saturated rings. The second kappa shape index (κ2) is 3.99. The Hall–Kier alpha value is -1.43. The van der Waals surface area contributed by atoms with Crippen molar-refractivity contribution in [3.8, 4) is 0 Å². The largest absolute Gasteiger partial charge is 0.323 e. The minimum Gasteiger partial charge on any atom is -0.323 e. The summed E-state index contributed by atoms with van der Waals surface area (Å²) >= 11 is 3.21. The van der Waals surface area contributed by atoms with Crippen LogP contribution >= 0.6 is 15.9 Å². The van der Waals surface area contributed by atoms with Crippen LogP contribution < -0.4 is 5.84 Å². The lowest BCUT2D eigenvalue weighted by atomic mass is 10.2. The number of benzene rings is 1. The fourth-order valence-electron chi connectivity index (χ4n) is 0.824. The second-order valence-corrected chi connectivity index (χ2v) is 3.10. The van der Waals surface area contributed by atoms with Crippen molar-refractivity contribution >= 4 is 27.8 Å². The Morgan fingerprint density at radius 1 is 1.62 bits per heavy atom. The van der Waals surface area contributed by atoms with E-state index >= 15 is 0 Å². The van der Waals surface area contributed by atoms with Crippen LogP contribution in [-0.2, 0) is 0 Å². The first-order valence-corrected chi connectivity index (χ1v) is 4.11. The highest BCUT2D eigenvalue weighted by atomic mass is 79.9. The molecule has 5 nitrogen and oxygen atoms in total. The molecule has 1 rings (SSSR count). The molecule has 0 atom stereocenters. The predicted octanol–water partition coefficient (Wildman–Crippen LogP) is 1.65. The molecule has 1 aromatic carbocycles. The second-order valence-electron chi connectivity index (χ2n) is 2.24. The lowest BCUT2D eigenvalue weighted by Crippen LogP contribution is -1.92. The first kappa shape index (κ1) is 9.66. The van der Waals surface area contributed by atoms with Gasteiger partial charge in [-0.3, -0.25) is 10.1 Å². The van der Waals surface area contributed by atoms with Crippen LogP contribution in [0.15, 0.2) is 27.8 Å². The van der Waals surface area contributed by atoms with Crippen LogP contribution in [0.2, 0.25) is 0 Å². The van der Waals surface area contributed by atoms with E-state index in [1.54, 1.807) is 6.07 Å². The molecule has 13 heavy (non-hydrogen) atoms. The average Bonchev–Trinajstić information content (AvgIpc) is 2.08. The molecule has 0 aliphatic carbocycles. The summed E-state index contributed by atoms with van der Waals surface area (Å²) in [5.74, 6) is 4.93. The van der Waals surface area contributed by atoms with Crippen molar-refractivity contribution in [1.29, 1.82) is 0 Å². The quantitative estimate of drug-likeness (QED) is 0.371. The molecule has 2 N–H and O–H groups in total. The maximum Gasteiger partial charge on any atom is 0.270 e. The zero-order valence-electron chi connectivity index (χ0n) is 6.48. The number of nitrogens with zero attached hydrogens (tertiary/aromatic N) is 2. The monoisotopic (exact) mass is 243 g/mol. The van der Waals surface area contributed by atoms with Gasteiger partial charge in [0.25, 0.3) is 5.69 Å². The van der Waals surface area contributed by atoms with Crippen molar-refractivity contribution in [2.24, 2.45) is 10.9 Å². The third-order valence-electron chi connectivity index (χ3n) is 1.40. The first-order chi connectivity index (χ1) is 6.15. The molecule has 0 saturated heterocycles. The van der Waals surface area contributed by atoms with Crippen molar-refractivity contribution < 1.29 is 4.92 Å². The van der Waals surface area contributed by atoms with Crippen molar-refractivity contribution in [1.82, 2.24) is 0 Å². The molecule has 0 aliphatic heterocycles. The Kier molecular flexibility index (Phi) is 2.97. The summed E-state index contributed by atoms with van der Waals surface area (Å²) in [6.45, 7) is 0. The standard InChI is InChI=1S/C7H6BrN3O2/c8-7-2-1-6(11(12)13)3-5(7)4-10-9/h1-4H,9H2. The van der Waals surface area contributed by atoms with E-state index in [4.69, 9.17) is 5.84 Å². The van der Waals surface area contributed by atoms with Gasteiger partial charge >= 0.3 is 0 Å². The Balaban J connectivity index is 3.18. The summed E-state index contributed by atoms with van der Waals surface area (Å²) in [7, 11) is 0. The molecular weight excluding hydrogens is 238 g/mol. The zero-order valence-corrected chi connectivity index (χ0v) is 8.06. The molecule has 0 unspecified atom stereocenters. The molecule has 6 heteroatoms. The molecule has 0 aromatic heterocycles. The molecule has 0 bridgehead atoms. The summed E-state index contributed by atoms with van der Waals surface area (Å²) in [6, 6.07) is 4.37. The number of rotatable bonds is 2. The molecule has 0 radical (unpaired) electrons. The summed E-state index contributed by atoms with van der Waals surface area (Å²) in [5, 5.41) is 13.7. The molecule has 0 amide bonds. The minimum atomic E-state index is -0.472. The summed E-state index contributed by atoms with van der Waals surface area (Å²) < 4.78 is 0.715. The highest BCUT2D eigenvalue weighted by Crippen LogP contribution is 2.20. The number of non-ortho nitro benzene ring substituents is 1. The lowest BCUT2D eigenvalue weighted by molar-refractivity contribution is -0.384. The number of nitro benzene ring substituents is 1. The first-order valence-electron chi connectivity index (χ1n) is 3.32. The fraction of sp³-hybridized carbons (Fsp3) is 0. The molecule has 1 aromatic rings. The number of hydrogen-bond acceptors (Lipinski definition) is 4. The van der Waals surface area contributed by atoms with Crippen molar-refractivity contribution in [2.75, 3.05) is 0 Å². The van der Waals surface area contributed by atoms with E-state index in [0.717, 1.165) is 0 Å². The van der Waals surface area contributed by atoms with Gasteiger partial charge in [0.2, 0.25) is 0 Å². The minimum absolute atomic E-state index is 0.0121. The van der Waals surface area contributed by atoms with Crippen LogP contribution in [0, 0.1) is 10.1 Å². The van der Waals surface area contributed by atoms with Crippen molar-refractivity contribution in [3.63, 3.8) is 0 Å². The van der Waals surface area contributed by atoms with E-state index in [1.807, 2.05) is 0 Å². The topological polar surface area (TPSA) is 81.5 Å². The Morgan fingerprint density at radius 2 is 2.31 bits per heavy atom. The zero-order chi connectivity index (χ0) is 9.84. The number of halogens is 1.